The molecule has 4 aliphatic rings. The first-order chi connectivity index (χ1) is 23.1. The summed E-state index contributed by atoms with van der Waals surface area (Å²) in [6, 6.07) is 16.6. The highest BCUT2D eigenvalue weighted by molar-refractivity contribution is 6.40. The third kappa shape index (κ3) is 5.35. The fourth-order valence-electron chi connectivity index (χ4n) is 8.95. The van der Waals surface area contributed by atoms with E-state index in [4.69, 9.17) is 23.7 Å². The number of esters is 3. The van der Waals surface area contributed by atoms with Gasteiger partial charge in [-0.1, -0.05) is 57.2 Å². The van der Waals surface area contributed by atoms with E-state index < -0.39 is 100 Å². The summed E-state index contributed by atoms with van der Waals surface area (Å²) in [5, 5.41) is 24.3. The predicted octanol–water partition coefficient (Wildman–Crippen LogP) is 2.86. The highest BCUT2D eigenvalue weighted by atomic mass is 16.6. The maximum absolute atomic E-state index is 14.9. The van der Waals surface area contributed by atoms with Gasteiger partial charge in [-0.2, -0.15) is 0 Å². The molecule has 3 aliphatic carbocycles. The second kappa shape index (κ2) is 12.3. The first-order valence-electron chi connectivity index (χ1n) is 16.5. The van der Waals surface area contributed by atoms with Gasteiger partial charge in [0, 0.05) is 31.1 Å². The van der Waals surface area contributed by atoms with Crippen molar-refractivity contribution in [2.75, 3.05) is 13.2 Å². The van der Waals surface area contributed by atoms with Crippen molar-refractivity contribution in [1.29, 1.82) is 0 Å². The summed E-state index contributed by atoms with van der Waals surface area (Å²) in [5.74, 6) is -7.35. The molecule has 0 aromatic heterocycles. The molecule has 4 fully saturated rings. The van der Waals surface area contributed by atoms with Crippen LogP contribution in [0.5, 0.6) is 5.75 Å². The molecule has 49 heavy (non-hydrogen) atoms. The molecule has 0 radical (unpaired) electrons. The van der Waals surface area contributed by atoms with E-state index in [-0.39, 0.29) is 25.0 Å². The topological polar surface area (TPSA) is 172 Å². The summed E-state index contributed by atoms with van der Waals surface area (Å²) in [4.78, 5) is 69.5. The number of fused-ring (bicyclic) bond motifs is 5. The smallest absolute Gasteiger partial charge is 0.344 e. The molecule has 10 atom stereocenters. The number of aliphatic hydroxyl groups excluding tert-OH is 1. The lowest BCUT2D eigenvalue weighted by atomic mass is 9.42. The number of carbonyl (C=O) groups excluding carboxylic acids is 5. The first kappa shape index (κ1) is 34.7. The fraction of sp³-hybridized carbons (Fsp3) is 0.541. The molecule has 262 valence electrons. The molecule has 0 spiro atoms. The summed E-state index contributed by atoms with van der Waals surface area (Å²) in [6.45, 7) is 6.65. The van der Waals surface area contributed by atoms with Crippen molar-refractivity contribution in [2.45, 2.75) is 83.1 Å². The van der Waals surface area contributed by atoms with E-state index >= 15 is 0 Å². The Morgan fingerprint density at radius 2 is 1.59 bits per heavy atom. The van der Waals surface area contributed by atoms with Crippen molar-refractivity contribution < 1.29 is 57.9 Å². The van der Waals surface area contributed by atoms with Crippen LogP contribution in [0.4, 0.5) is 0 Å². The van der Waals surface area contributed by atoms with Crippen LogP contribution in [0.2, 0.25) is 0 Å². The Bertz CT molecular complexity index is 1640. The van der Waals surface area contributed by atoms with E-state index in [1.54, 1.807) is 69.3 Å². The highest BCUT2D eigenvalue weighted by Gasteiger charge is 2.79. The van der Waals surface area contributed by atoms with E-state index in [2.05, 4.69) is 0 Å². The minimum Gasteiger partial charge on any atom is -0.482 e. The lowest BCUT2D eigenvalue weighted by Gasteiger charge is -2.68. The lowest BCUT2D eigenvalue weighted by Crippen LogP contribution is -2.82. The second-order valence-corrected chi connectivity index (χ2v) is 14.6. The molecule has 2 aromatic rings. The molecule has 2 aromatic carbocycles. The number of carbonyl (C=O) groups is 5. The Kier molecular flexibility index (Phi) is 8.74. The van der Waals surface area contributed by atoms with Gasteiger partial charge in [-0.25, -0.2) is 9.59 Å². The zero-order chi connectivity index (χ0) is 35.5. The number of Topliss-reactive ketones (excluding diaryl/α,β-unsaturated/α-hetero) is 2. The molecule has 6 rings (SSSR count). The molecule has 2 bridgehead atoms. The summed E-state index contributed by atoms with van der Waals surface area (Å²) in [5.41, 5.74) is -7.18. The maximum Gasteiger partial charge on any atom is 0.344 e. The third-order valence-electron chi connectivity index (χ3n) is 11.6. The molecule has 1 aliphatic heterocycles. The first-order valence-corrected chi connectivity index (χ1v) is 16.5. The predicted molar refractivity (Wildman–Crippen MR) is 170 cm³/mol. The van der Waals surface area contributed by atoms with Crippen molar-refractivity contribution in [3.63, 3.8) is 0 Å². The van der Waals surface area contributed by atoms with Crippen LogP contribution in [0, 0.1) is 28.6 Å². The SMILES string of the molecule is CC(=O)O[C@@]12CO[C@@H]1C[C@H](OC(=O)COc1ccccc1)[C@@]1(C)C(=O)C(=O)C3C(C)[C@@H](O)C[C@@](O)([C@@H](OC(=O)c4ccccc4)[C@H]21)C3(C)C. The van der Waals surface area contributed by atoms with E-state index in [1.165, 1.54) is 26.0 Å². The van der Waals surface area contributed by atoms with Gasteiger partial charge in [0.25, 0.3) is 0 Å². The van der Waals surface area contributed by atoms with Gasteiger partial charge >= 0.3 is 17.9 Å². The number of ketones is 2. The molecule has 2 N–H and O–H groups in total. The van der Waals surface area contributed by atoms with Crippen molar-refractivity contribution in [3.05, 3.63) is 66.2 Å². The molecule has 1 saturated heterocycles. The zero-order valence-electron chi connectivity index (χ0n) is 28.1. The maximum atomic E-state index is 14.9. The van der Waals surface area contributed by atoms with Crippen LogP contribution >= 0.6 is 0 Å². The van der Waals surface area contributed by atoms with Crippen LogP contribution in [-0.2, 0) is 38.1 Å². The lowest BCUT2D eigenvalue weighted by molar-refractivity contribution is -0.350. The number of benzene rings is 2. The van der Waals surface area contributed by atoms with Crippen molar-refractivity contribution in [2.24, 2.45) is 28.6 Å². The average Bonchev–Trinajstić information content (AvgIpc) is 3.06. The summed E-state index contributed by atoms with van der Waals surface area (Å²) in [6.07, 6.45) is -5.77. The largest absolute Gasteiger partial charge is 0.482 e. The Hall–Kier alpha value is -4.13. The number of aliphatic hydroxyl groups is 2. The van der Waals surface area contributed by atoms with Gasteiger partial charge in [0.1, 0.15) is 29.7 Å². The van der Waals surface area contributed by atoms with E-state index in [1.807, 2.05) is 0 Å². The minimum atomic E-state index is -2.16. The molecule has 1 heterocycles. The molecule has 0 amide bonds. The van der Waals surface area contributed by atoms with E-state index in [9.17, 15) is 34.2 Å². The number of rotatable bonds is 7. The molecule has 12 nitrogen and oxygen atoms in total. The van der Waals surface area contributed by atoms with Gasteiger partial charge < -0.3 is 33.9 Å². The van der Waals surface area contributed by atoms with Crippen LogP contribution in [0.25, 0.3) is 0 Å². The van der Waals surface area contributed by atoms with Crippen molar-refractivity contribution in [1.82, 2.24) is 0 Å². The van der Waals surface area contributed by atoms with Crippen LogP contribution in [0.3, 0.4) is 0 Å². The van der Waals surface area contributed by atoms with Crippen molar-refractivity contribution in [3.8, 4) is 5.75 Å². The standard InChI is InChI=1S/C37H42O12/c1-20-24(39)17-37(44)32(48-33(43)22-12-8-6-9-13-22)30-35(5,31(42)29(41)28(20)34(37,3)4)25(16-26-36(30,19-46-26)49-21(2)38)47-27(40)18-45-23-14-10-7-11-15-23/h6-15,20,24-26,28,30,32,39,44H,16-19H2,1-5H3/t20?,24-,25-,26+,28?,30-,32-,35+,36-,37+/m0/s1. The average molecular weight is 679 g/mol. The quantitative estimate of drug-likeness (QED) is 0.250. The number of hydrogen-bond donors (Lipinski definition) is 2. The monoisotopic (exact) mass is 678 g/mol. The highest BCUT2D eigenvalue weighted by Crippen LogP contribution is 2.64. The Labute approximate surface area is 284 Å². The Balaban J connectivity index is 1.53. The van der Waals surface area contributed by atoms with Crippen LogP contribution in [0.1, 0.15) is 57.8 Å². The third-order valence-corrected chi connectivity index (χ3v) is 11.6. The van der Waals surface area contributed by atoms with Crippen LogP contribution in [0.15, 0.2) is 60.7 Å². The summed E-state index contributed by atoms with van der Waals surface area (Å²) >= 11 is 0. The zero-order valence-corrected chi connectivity index (χ0v) is 28.1. The Morgan fingerprint density at radius 3 is 2.18 bits per heavy atom. The number of para-hydroxylation sites is 1. The summed E-state index contributed by atoms with van der Waals surface area (Å²) < 4.78 is 29.8. The number of hydrogen-bond acceptors (Lipinski definition) is 12. The molecular weight excluding hydrogens is 636 g/mol. The van der Waals surface area contributed by atoms with Gasteiger partial charge in [-0.3, -0.25) is 14.4 Å². The molecule has 3 saturated carbocycles. The normalized spacial score (nSPS) is 37.6. The van der Waals surface area contributed by atoms with Gasteiger partial charge in [-0.05, 0) is 37.1 Å². The molecule has 12 heteroatoms. The Morgan fingerprint density at radius 1 is 0.959 bits per heavy atom. The van der Waals surface area contributed by atoms with Gasteiger partial charge in [0.05, 0.1) is 29.6 Å². The van der Waals surface area contributed by atoms with Gasteiger partial charge in [-0.15, -0.1) is 0 Å². The van der Waals surface area contributed by atoms with Crippen LogP contribution in [-0.4, -0.2) is 88.5 Å². The minimum absolute atomic E-state index is 0.135. The van der Waals surface area contributed by atoms with E-state index in [0.29, 0.717) is 5.75 Å². The summed E-state index contributed by atoms with van der Waals surface area (Å²) in [7, 11) is 0. The number of ether oxygens (including phenoxy) is 5. The van der Waals surface area contributed by atoms with E-state index in [0.717, 1.165) is 0 Å². The molecular formula is C37H42O12. The molecule has 2 unspecified atom stereocenters. The van der Waals surface area contributed by atoms with Crippen LogP contribution < -0.4 is 4.74 Å². The second-order valence-electron chi connectivity index (χ2n) is 14.6. The van der Waals surface area contributed by atoms with Crippen molar-refractivity contribution >= 4 is 29.5 Å². The fourth-order valence-corrected chi connectivity index (χ4v) is 8.95. The van der Waals surface area contributed by atoms with Gasteiger partial charge in [0.15, 0.2) is 12.2 Å². The van der Waals surface area contributed by atoms with Gasteiger partial charge in [0.2, 0.25) is 11.6 Å².